The molecule has 0 aliphatic heterocycles. The van der Waals surface area contributed by atoms with E-state index in [0.717, 1.165) is 5.69 Å². The summed E-state index contributed by atoms with van der Waals surface area (Å²) in [6.45, 7) is 3.60. The minimum atomic E-state index is -0.667. The zero-order valence-electron chi connectivity index (χ0n) is 15.4. The number of carbonyl (C=O) groups is 3. The number of benzene rings is 1. The zero-order valence-corrected chi connectivity index (χ0v) is 15.4. The van der Waals surface area contributed by atoms with Crippen LogP contribution in [0.25, 0.3) is 0 Å². The molecule has 1 aromatic heterocycles. The Morgan fingerprint density at radius 3 is 2.59 bits per heavy atom. The highest BCUT2D eigenvalue weighted by Crippen LogP contribution is 2.17. The molecule has 140 valence electrons. The number of hydrogen-bond acceptors (Lipinski definition) is 6. The van der Waals surface area contributed by atoms with Crippen molar-refractivity contribution in [2.45, 2.75) is 26.8 Å². The molecule has 0 amide bonds. The predicted octanol–water partition coefficient (Wildman–Crippen LogP) is 2.58. The number of esters is 2. The molecule has 0 spiro atoms. The minimum absolute atomic E-state index is 0.199. The standard InChI is InChI=1S/C20H20N2O5/c1-13-9-17(14(2)22(13)8-7-19(24)26-3)18(23)12-27-20(25)16-6-4-5-15(10-16)11-21/h4-6,9-10H,7-8,12H2,1-3H3. The van der Waals surface area contributed by atoms with Gasteiger partial charge >= 0.3 is 11.9 Å². The summed E-state index contributed by atoms with van der Waals surface area (Å²) in [6.07, 6.45) is 0.199. The van der Waals surface area contributed by atoms with Crippen LogP contribution in [0.5, 0.6) is 0 Å². The lowest BCUT2D eigenvalue weighted by molar-refractivity contribution is -0.140. The number of nitriles is 1. The van der Waals surface area contributed by atoms with E-state index < -0.39 is 12.6 Å². The molecule has 0 unspecified atom stereocenters. The summed E-state index contributed by atoms with van der Waals surface area (Å²) in [5.41, 5.74) is 2.52. The van der Waals surface area contributed by atoms with E-state index in [-0.39, 0.29) is 23.7 Å². The largest absolute Gasteiger partial charge is 0.469 e. The van der Waals surface area contributed by atoms with Gasteiger partial charge in [0.2, 0.25) is 5.78 Å². The van der Waals surface area contributed by atoms with Crippen LogP contribution in [-0.2, 0) is 20.8 Å². The van der Waals surface area contributed by atoms with Crippen molar-refractivity contribution in [1.82, 2.24) is 4.57 Å². The van der Waals surface area contributed by atoms with Gasteiger partial charge < -0.3 is 14.0 Å². The van der Waals surface area contributed by atoms with Crippen molar-refractivity contribution >= 4 is 17.7 Å². The van der Waals surface area contributed by atoms with Crippen LogP contribution in [0.1, 0.15) is 44.1 Å². The second-order valence-corrected chi connectivity index (χ2v) is 5.95. The zero-order chi connectivity index (χ0) is 20.0. The van der Waals surface area contributed by atoms with Crippen LogP contribution in [-0.4, -0.2) is 36.0 Å². The third-order valence-electron chi connectivity index (χ3n) is 4.20. The van der Waals surface area contributed by atoms with Gasteiger partial charge in [-0.25, -0.2) is 4.79 Å². The molecular formula is C20H20N2O5. The average molecular weight is 368 g/mol. The molecule has 7 heteroatoms. The van der Waals surface area contributed by atoms with Gasteiger partial charge in [-0.2, -0.15) is 5.26 Å². The van der Waals surface area contributed by atoms with Gasteiger partial charge in [-0.15, -0.1) is 0 Å². The maximum absolute atomic E-state index is 12.4. The first-order valence-corrected chi connectivity index (χ1v) is 8.31. The monoisotopic (exact) mass is 368 g/mol. The quantitative estimate of drug-likeness (QED) is 0.550. The van der Waals surface area contributed by atoms with Gasteiger partial charge in [0.1, 0.15) is 0 Å². The van der Waals surface area contributed by atoms with Gasteiger partial charge in [0.25, 0.3) is 0 Å². The van der Waals surface area contributed by atoms with Crippen LogP contribution in [0.3, 0.4) is 0 Å². The van der Waals surface area contributed by atoms with Gasteiger partial charge in [0.15, 0.2) is 6.61 Å². The number of carbonyl (C=O) groups excluding carboxylic acids is 3. The third-order valence-corrected chi connectivity index (χ3v) is 4.20. The van der Waals surface area contributed by atoms with E-state index in [1.54, 1.807) is 25.1 Å². The van der Waals surface area contributed by atoms with Crippen molar-refractivity contribution in [1.29, 1.82) is 5.26 Å². The molecule has 27 heavy (non-hydrogen) atoms. The Labute approximate surface area is 157 Å². The molecule has 0 aliphatic rings. The number of nitrogens with zero attached hydrogens (tertiary/aromatic N) is 2. The first-order valence-electron chi connectivity index (χ1n) is 8.31. The number of Topliss-reactive ketones (excluding diaryl/α,β-unsaturated/α-hetero) is 1. The first-order chi connectivity index (χ1) is 12.9. The van der Waals surface area contributed by atoms with Crippen LogP contribution < -0.4 is 0 Å². The molecule has 2 rings (SSSR count). The molecule has 0 fully saturated rings. The van der Waals surface area contributed by atoms with Gasteiger partial charge in [-0.3, -0.25) is 9.59 Å². The number of ketones is 1. The van der Waals surface area contributed by atoms with E-state index in [4.69, 9.17) is 10.00 Å². The molecule has 0 saturated heterocycles. The topological polar surface area (TPSA) is 98.4 Å². The Bertz CT molecular complexity index is 921. The summed E-state index contributed by atoms with van der Waals surface area (Å²) in [6, 6.07) is 9.73. The van der Waals surface area contributed by atoms with Crippen molar-refractivity contribution < 1.29 is 23.9 Å². The van der Waals surface area contributed by atoms with Crippen molar-refractivity contribution in [3.8, 4) is 6.07 Å². The minimum Gasteiger partial charge on any atom is -0.469 e. The lowest BCUT2D eigenvalue weighted by Crippen LogP contribution is -2.15. The van der Waals surface area contributed by atoms with E-state index in [0.29, 0.717) is 23.4 Å². The van der Waals surface area contributed by atoms with Crippen LogP contribution >= 0.6 is 0 Å². The predicted molar refractivity (Wildman–Crippen MR) is 96.3 cm³/mol. The number of rotatable bonds is 7. The Balaban J connectivity index is 2.04. The van der Waals surface area contributed by atoms with Crippen LogP contribution in [0, 0.1) is 25.2 Å². The normalized spacial score (nSPS) is 10.1. The van der Waals surface area contributed by atoms with Crippen LogP contribution in [0.4, 0.5) is 0 Å². The Kier molecular flexibility index (Phi) is 6.50. The molecule has 0 aliphatic carbocycles. The van der Waals surface area contributed by atoms with Crippen molar-refractivity contribution in [3.63, 3.8) is 0 Å². The fourth-order valence-electron chi connectivity index (χ4n) is 2.74. The second-order valence-electron chi connectivity index (χ2n) is 5.95. The van der Waals surface area contributed by atoms with Crippen LogP contribution in [0.2, 0.25) is 0 Å². The van der Waals surface area contributed by atoms with Crippen molar-refractivity contribution in [2.75, 3.05) is 13.7 Å². The van der Waals surface area contributed by atoms with Crippen molar-refractivity contribution in [2.24, 2.45) is 0 Å². The first kappa shape index (κ1) is 19.9. The fourth-order valence-corrected chi connectivity index (χ4v) is 2.74. The number of hydrogen-bond donors (Lipinski definition) is 0. The molecular weight excluding hydrogens is 348 g/mol. The second kappa shape index (κ2) is 8.81. The number of aromatic nitrogens is 1. The average Bonchev–Trinajstić information content (AvgIpc) is 2.97. The molecule has 0 N–H and O–H groups in total. The van der Waals surface area contributed by atoms with E-state index in [9.17, 15) is 14.4 Å². The summed E-state index contributed by atoms with van der Waals surface area (Å²) < 4.78 is 11.6. The summed E-state index contributed by atoms with van der Waals surface area (Å²) in [5, 5.41) is 8.88. The highest BCUT2D eigenvalue weighted by atomic mass is 16.5. The maximum atomic E-state index is 12.4. The molecule has 1 heterocycles. The molecule has 1 aromatic carbocycles. The molecule has 0 saturated carbocycles. The van der Waals surface area contributed by atoms with E-state index in [2.05, 4.69) is 4.74 Å². The van der Waals surface area contributed by atoms with Gasteiger partial charge in [0, 0.05) is 23.5 Å². The highest BCUT2D eigenvalue weighted by Gasteiger charge is 2.18. The SMILES string of the molecule is COC(=O)CCn1c(C)cc(C(=O)COC(=O)c2cccc(C#N)c2)c1C. The third kappa shape index (κ3) is 4.82. The molecule has 0 radical (unpaired) electrons. The van der Waals surface area contributed by atoms with Crippen molar-refractivity contribution in [3.05, 3.63) is 58.4 Å². The van der Waals surface area contributed by atoms with Crippen LogP contribution in [0.15, 0.2) is 30.3 Å². The Hall–Kier alpha value is -3.40. The smallest absolute Gasteiger partial charge is 0.338 e. The number of ether oxygens (including phenoxy) is 2. The lowest BCUT2D eigenvalue weighted by Gasteiger charge is -2.09. The highest BCUT2D eigenvalue weighted by molar-refractivity contribution is 6.00. The summed E-state index contributed by atoms with van der Waals surface area (Å²) in [4.78, 5) is 35.9. The lowest BCUT2D eigenvalue weighted by atomic mass is 10.1. The number of aryl methyl sites for hydroxylation is 1. The summed E-state index contributed by atoms with van der Waals surface area (Å²) >= 11 is 0. The van der Waals surface area contributed by atoms with E-state index in [1.807, 2.05) is 17.6 Å². The summed E-state index contributed by atoms with van der Waals surface area (Å²) in [5.74, 6) is -1.33. The maximum Gasteiger partial charge on any atom is 0.338 e. The molecule has 7 nitrogen and oxygen atoms in total. The van der Waals surface area contributed by atoms with Gasteiger partial charge in [0.05, 0.1) is 30.7 Å². The van der Waals surface area contributed by atoms with Gasteiger partial charge in [-0.1, -0.05) is 6.07 Å². The molecule has 0 bridgehead atoms. The summed E-state index contributed by atoms with van der Waals surface area (Å²) in [7, 11) is 1.33. The molecule has 0 atom stereocenters. The Morgan fingerprint density at radius 1 is 1.19 bits per heavy atom. The Morgan fingerprint density at radius 2 is 1.93 bits per heavy atom. The number of methoxy groups -OCH3 is 1. The molecule has 2 aromatic rings. The fraction of sp³-hybridized carbons (Fsp3) is 0.300. The van der Waals surface area contributed by atoms with Gasteiger partial charge in [-0.05, 0) is 38.1 Å². The van der Waals surface area contributed by atoms with E-state index in [1.165, 1.54) is 19.2 Å². The van der Waals surface area contributed by atoms with E-state index >= 15 is 0 Å².